The van der Waals surface area contributed by atoms with Gasteiger partial charge in [-0.25, -0.2) is 0 Å². The molecule has 1 aliphatic rings. The molecule has 1 aromatic rings. The highest BCUT2D eigenvalue weighted by Crippen LogP contribution is 2.33. The van der Waals surface area contributed by atoms with Crippen LogP contribution in [0.15, 0.2) is 23.1 Å². The summed E-state index contributed by atoms with van der Waals surface area (Å²) in [5.41, 5.74) is 5.35. The van der Waals surface area contributed by atoms with Gasteiger partial charge in [-0.2, -0.15) is 0 Å². The van der Waals surface area contributed by atoms with Crippen LogP contribution in [0.5, 0.6) is 0 Å². The summed E-state index contributed by atoms with van der Waals surface area (Å²) in [6.45, 7) is 2.90. The van der Waals surface area contributed by atoms with Crippen molar-refractivity contribution in [2.75, 3.05) is 13.1 Å². The second-order valence-electron chi connectivity index (χ2n) is 5.36. The number of rotatable bonds is 4. The first-order valence-corrected chi connectivity index (χ1v) is 8.72. The van der Waals surface area contributed by atoms with Gasteiger partial charge in [-0.1, -0.05) is 23.2 Å². The molecule has 1 aliphatic heterocycles. The third-order valence-electron chi connectivity index (χ3n) is 3.68. The fourth-order valence-corrected chi connectivity index (χ4v) is 3.97. The maximum atomic E-state index is 12.5. The van der Waals surface area contributed by atoms with E-state index in [1.165, 1.54) is 11.8 Å². The van der Waals surface area contributed by atoms with E-state index in [1.54, 1.807) is 23.1 Å². The molecule has 2 atom stereocenters. The average molecular weight is 361 g/mol. The van der Waals surface area contributed by atoms with Gasteiger partial charge in [0.1, 0.15) is 0 Å². The predicted molar refractivity (Wildman–Crippen MR) is 90.3 cm³/mol. The molecule has 22 heavy (non-hydrogen) atoms. The van der Waals surface area contributed by atoms with Crippen molar-refractivity contribution in [3.63, 3.8) is 0 Å². The van der Waals surface area contributed by atoms with Gasteiger partial charge in [0, 0.05) is 23.0 Å². The van der Waals surface area contributed by atoms with Gasteiger partial charge in [-0.15, -0.1) is 11.8 Å². The number of hydrogen-bond acceptors (Lipinski definition) is 3. The highest BCUT2D eigenvalue weighted by molar-refractivity contribution is 8.00. The highest BCUT2D eigenvalue weighted by Gasteiger charge is 2.29. The van der Waals surface area contributed by atoms with Crippen LogP contribution in [0.3, 0.4) is 0 Å². The average Bonchev–Trinajstić information content (AvgIpc) is 2.50. The van der Waals surface area contributed by atoms with Crippen LogP contribution in [0.4, 0.5) is 0 Å². The summed E-state index contributed by atoms with van der Waals surface area (Å²) < 4.78 is 0. The van der Waals surface area contributed by atoms with Crippen LogP contribution in [0.1, 0.15) is 19.8 Å². The van der Waals surface area contributed by atoms with Gasteiger partial charge < -0.3 is 10.6 Å². The summed E-state index contributed by atoms with van der Waals surface area (Å²) in [5, 5.41) is 0.851. The van der Waals surface area contributed by atoms with Gasteiger partial charge in [-0.3, -0.25) is 9.59 Å². The van der Waals surface area contributed by atoms with E-state index in [9.17, 15) is 9.59 Å². The second-order valence-corrected chi connectivity index (χ2v) is 7.59. The molecule has 120 valence electrons. The van der Waals surface area contributed by atoms with Gasteiger partial charge in [0.15, 0.2) is 0 Å². The molecule has 2 unspecified atom stereocenters. The minimum absolute atomic E-state index is 0.00741. The van der Waals surface area contributed by atoms with Crippen molar-refractivity contribution in [3.05, 3.63) is 28.2 Å². The topological polar surface area (TPSA) is 63.4 Å². The number of halogens is 2. The zero-order valence-electron chi connectivity index (χ0n) is 12.2. The van der Waals surface area contributed by atoms with Crippen LogP contribution in [0, 0.1) is 5.92 Å². The Bertz CT molecular complexity index is 583. The lowest BCUT2D eigenvalue weighted by Gasteiger charge is -2.32. The largest absolute Gasteiger partial charge is 0.369 e. The molecule has 1 aromatic carbocycles. The Labute approximate surface area is 144 Å². The lowest BCUT2D eigenvalue weighted by molar-refractivity contribution is -0.134. The van der Waals surface area contributed by atoms with Crippen molar-refractivity contribution in [2.24, 2.45) is 11.7 Å². The predicted octanol–water partition coefficient (Wildman–Crippen LogP) is 3.20. The van der Waals surface area contributed by atoms with Crippen LogP contribution >= 0.6 is 35.0 Å². The lowest BCUT2D eigenvalue weighted by atomic mass is 9.97. The number of thioether (sulfide) groups is 1. The van der Waals surface area contributed by atoms with Crippen LogP contribution < -0.4 is 5.73 Å². The highest BCUT2D eigenvalue weighted by atomic mass is 35.5. The Hall–Kier alpha value is -0.910. The third-order valence-corrected chi connectivity index (χ3v) is 5.50. The zero-order valence-corrected chi connectivity index (χ0v) is 14.5. The van der Waals surface area contributed by atoms with Crippen LogP contribution in [0.2, 0.25) is 10.0 Å². The molecule has 2 rings (SSSR count). The molecule has 0 aromatic heterocycles. The molecule has 0 spiro atoms. The summed E-state index contributed by atoms with van der Waals surface area (Å²) in [7, 11) is 0. The minimum Gasteiger partial charge on any atom is -0.369 e. The van der Waals surface area contributed by atoms with Crippen molar-refractivity contribution >= 4 is 46.8 Å². The van der Waals surface area contributed by atoms with E-state index in [4.69, 9.17) is 28.9 Å². The minimum atomic E-state index is -0.337. The van der Waals surface area contributed by atoms with E-state index in [0.717, 1.165) is 17.7 Å². The molecule has 1 heterocycles. The molecule has 4 nitrogen and oxygen atoms in total. The molecule has 2 amide bonds. The van der Waals surface area contributed by atoms with Crippen molar-refractivity contribution < 1.29 is 9.59 Å². The molecule has 0 bridgehead atoms. The van der Waals surface area contributed by atoms with Crippen LogP contribution in [-0.2, 0) is 9.59 Å². The fraction of sp³-hybridized carbons (Fsp3) is 0.467. The molecule has 0 saturated carbocycles. The number of benzene rings is 1. The maximum Gasteiger partial charge on any atom is 0.235 e. The van der Waals surface area contributed by atoms with E-state index in [1.807, 2.05) is 6.92 Å². The van der Waals surface area contributed by atoms with Gasteiger partial charge in [0.05, 0.1) is 16.2 Å². The van der Waals surface area contributed by atoms with E-state index >= 15 is 0 Å². The van der Waals surface area contributed by atoms with Gasteiger partial charge >= 0.3 is 0 Å². The number of nitrogens with zero attached hydrogens (tertiary/aromatic N) is 1. The first-order chi connectivity index (χ1) is 10.4. The van der Waals surface area contributed by atoms with Gasteiger partial charge in [0.25, 0.3) is 0 Å². The number of likely N-dealkylation sites (tertiary alicyclic amines) is 1. The van der Waals surface area contributed by atoms with Crippen molar-refractivity contribution in [3.8, 4) is 0 Å². The standard InChI is InChI=1S/C15H18Cl2N2O2S/c1-9(22-13-7-11(16)4-5-12(13)17)15(21)19-6-2-3-10(8-19)14(18)20/h4-5,7,9-10H,2-3,6,8H2,1H3,(H2,18,20). The number of piperidine rings is 1. The van der Waals surface area contributed by atoms with Crippen molar-refractivity contribution in [1.82, 2.24) is 4.90 Å². The zero-order chi connectivity index (χ0) is 16.3. The van der Waals surface area contributed by atoms with Gasteiger partial charge in [-0.05, 0) is 38.0 Å². The number of primary amides is 1. The van der Waals surface area contributed by atoms with Crippen molar-refractivity contribution in [2.45, 2.75) is 29.9 Å². The first kappa shape index (κ1) is 17.4. The van der Waals surface area contributed by atoms with E-state index in [2.05, 4.69) is 0 Å². The first-order valence-electron chi connectivity index (χ1n) is 7.08. The number of amides is 2. The summed E-state index contributed by atoms with van der Waals surface area (Å²) in [6.07, 6.45) is 1.55. The molecule has 7 heteroatoms. The van der Waals surface area contributed by atoms with E-state index < -0.39 is 0 Å². The molecule has 1 fully saturated rings. The second kappa shape index (κ2) is 7.57. The number of hydrogen-bond donors (Lipinski definition) is 1. The summed E-state index contributed by atoms with van der Waals surface area (Å²) >= 11 is 13.5. The molecule has 0 radical (unpaired) electrons. The van der Waals surface area contributed by atoms with E-state index in [0.29, 0.717) is 23.1 Å². The van der Waals surface area contributed by atoms with Crippen LogP contribution in [-0.4, -0.2) is 35.1 Å². The van der Waals surface area contributed by atoms with Crippen LogP contribution in [0.25, 0.3) is 0 Å². The lowest BCUT2D eigenvalue weighted by Crippen LogP contribution is -2.46. The summed E-state index contributed by atoms with van der Waals surface area (Å²) in [5.74, 6) is -0.590. The van der Waals surface area contributed by atoms with Gasteiger partial charge in [0.2, 0.25) is 11.8 Å². The Balaban J connectivity index is 2.02. The monoisotopic (exact) mass is 360 g/mol. The third kappa shape index (κ3) is 4.31. The molecular formula is C15H18Cl2N2O2S. The normalized spacial score (nSPS) is 19.8. The molecule has 0 aliphatic carbocycles. The molecule has 1 saturated heterocycles. The summed E-state index contributed by atoms with van der Waals surface area (Å²) in [6, 6.07) is 5.18. The molecular weight excluding hydrogens is 343 g/mol. The number of carbonyl (C=O) groups excluding carboxylic acids is 2. The Kier molecular flexibility index (Phi) is 6.01. The van der Waals surface area contributed by atoms with E-state index in [-0.39, 0.29) is 23.0 Å². The maximum absolute atomic E-state index is 12.5. The Morgan fingerprint density at radius 2 is 2.14 bits per heavy atom. The van der Waals surface area contributed by atoms with Crippen molar-refractivity contribution in [1.29, 1.82) is 0 Å². The quantitative estimate of drug-likeness (QED) is 0.838. The SMILES string of the molecule is CC(Sc1cc(Cl)ccc1Cl)C(=O)N1CCCC(C(N)=O)C1. The number of nitrogens with two attached hydrogens (primary N) is 1. The smallest absolute Gasteiger partial charge is 0.235 e. The molecule has 2 N–H and O–H groups in total. The Morgan fingerprint density at radius 1 is 1.41 bits per heavy atom. The number of carbonyl (C=O) groups is 2. The fourth-order valence-electron chi connectivity index (χ4n) is 2.48. The summed E-state index contributed by atoms with van der Waals surface area (Å²) in [4.78, 5) is 26.3. The Morgan fingerprint density at radius 3 is 2.82 bits per heavy atom.